The topological polar surface area (TPSA) is 17.1 Å². The van der Waals surface area contributed by atoms with E-state index in [4.69, 9.17) is 0 Å². The summed E-state index contributed by atoms with van der Waals surface area (Å²) in [4.78, 5) is 11.1. The van der Waals surface area contributed by atoms with Gasteiger partial charge < -0.3 is 0 Å². The Morgan fingerprint density at radius 1 is 1.55 bits per heavy atom. The molecule has 0 aliphatic rings. The Labute approximate surface area is 70.4 Å². The molecule has 0 rings (SSSR count). The summed E-state index contributed by atoms with van der Waals surface area (Å²) in [5, 5.41) is 0. The van der Waals surface area contributed by atoms with E-state index < -0.39 is 8.80 Å². The Morgan fingerprint density at radius 2 is 2.09 bits per heavy atom. The summed E-state index contributed by atoms with van der Waals surface area (Å²) >= 11 is 0. The second kappa shape index (κ2) is 5.08. The summed E-state index contributed by atoms with van der Waals surface area (Å²) in [6.07, 6.45) is 2.19. The van der Waals surface area contributed by atoms with Gasteiger partial charge in [0, 0.05) is 20.8 Å². The number of hydrogen-bond acceptors (Lipinski definition) is 1. The molecule has 0 aliphatic carbocycles. The molecule has 0 aromatic rings. The van der Waals surface area contributed by atoms with Crippen molar-refractivity contribution in [2.24, 2.45) is 0 Å². The van der Waals surface area contributed by atoms with Crippen LogP contribution >= 0.6 is 0 Å². The maximum Gasteiger partial charge on any atom is 0.161 e. The number of allylic oxidation sites excluding steroid dienone is 2. The van der Waals surface area contributed by atoms with Crippen LogP contribution in [0.1, 0.15) is 6.42 Å². The van der Waals surface area contributed by atoms with Crippen molar-refractivity contribution in [2.45, 2.75) is 25.6 Å². The van der Waals surface area contributed by atoms with Crippen LogP contribution in [-0.4, -0.2) is 14.6 Å². The number of Topliss-reactive ketones (excluding diaryl/α,β-unsaturated/α-hetero) is 1. The molecule has 11 heavy (non-hydrogen) atoms. The van der Waals surface area contributed by atoms with E-state index in [2.05, 4.69) is 26.3 Å². The highest BCUT2D eigenvalue weighted by atomic mass is 28.3. The minimum absolute atomic E-state index is 0.154. The van der Waals surface area contributed by atoms with Gasteiger partial charge >= 0.3 is 0 Å². The summed E-state index contributed by atoms with van der Waals surface area (Å²) in [5.41, 5.74) is 0.555. The Morgan fingerprint density at radius 3 is 2.45 bits per heavy atom. The Balaban J connectivity index is 3.70. The first-order chi connectivity index (χ1) is 5.07. The van der Waals surface area contributed by atoms with Crippen LogP contribution in [0.2, 0.25) is 19.1 Å². The second-order valence-corrected chi connectivity index (χ2v) is 6.45. The molecule has 0 aromatic heterocycles. The van der Waals surface area contributed by atoms with Gasteiger partial charge in [-0.3, -0.25) is 4.79 Å². The van der Waals surface area contributed by atoms with E-state index in [0.717, 1.165) is 6.04 Å². The fraction of sp³-hybridized carbons (Fsp3) is 0.444. The van der Waals surface area contributed by atoms with Crippen molar-refractivity contribution in [2.75, 3.05) is 0 Å². The summed E-state index contributed by atoms with van der Waals surface area (Å²) < 4.78 is 0. The standard InChI is InChI=1S/C9H16OSi/c1-5-8(2)9(10)6-7-11(3)4/h5,11H,1-2,6-7H2,3-4H3. The van der Waals surface area contributed by atoms with Gasteiger partial charge in [-0.25, -0.2) is 0 Å². The average molecular weight is 168 g/mol. The van der Waals surface area contributed by atoms with Gasteiger partial charge in [-0.05, 0) is 0 Å². The van der Waals surface area contributed by atoms with Crippen molar-refractivity contribution in [1.82, 2.24) is 0 Å². The number of carbonyl (C=O) groups excluding carboxylic acids is 1. The largest absolute Gasteiger partial charge is 0.294 e. The summed E-state index contributed by atoms with van der Waals surface area (Å²) in [6.45, 7) is 11.6. The minimum atomic E-state index is -0.575. The molecule has 0 radical (unpaired) electrons. The lowest BCUT2D eigenvalue weighted by molar-refractivity contribution is -0.114. The zero-order valence-corrected chi connectivity index (χ0v) is 8.55. The van der Waals surface area contributed by atoms with E-state index in [1.165, 1.54) is 6.08 Å². The van der Waals surface area contributed by atoms with Crippen LogP contribution in [0, 0.1) is 0 Å². The molecule has 0 bridgehead atoms. The first-order valence-electron chi connectivity index (χ1n) is 3.92. The van der Waals surface area contributed by atoms with E-state index in [0.29, 0.717) is 12.0 Å². The van der Waals surface area contributed by atoms with Gasteiger partial charge in [-0.1, -0.05) is 38.4 Å². The molecular weight excluding hydrogens is 152 g/mol. The highest BCUT2D eigenvalue weighted by molar-refractivity contribution is 6.56. The predicted octanol–water partition coefficient (Wildman–Crippen LogP) is 2.17. The van der Waals surface area contributed by atoms with E-state index >= 15 is 0 Å². The van der Waals surface area contributed by atoms with Crippen LogP contribution in [0.25, 0.3) is 0 Å². The molecule has 0 fully saturated rings. The lowest BCUT2D eigenvalue weighted by Gasteiger charge is -2.01. The molecule has 1 nitrogen and oxygen atoms in total. The second-order valence-electron chi connectivity index (χ2n) is 3.09. The molecule has 0 saturated carbocycles. The molecule has 62 valence electrons. The first-order valence-corrected chi connectivity index (χ1v) is 7.05. The third kappa shape index (κ3) is 4.73. The smallest absolute Gasteiger partial charge is 0.161 e. The molecule has 0 spiro atoms. The fourth-order valence-corrected chi connectivity index (χ4v) is 1.53. The first kappa shape index (κ1) is 10.4. The molecule has 0 N–H and O–H groups in total. The number of carbonyl (C=O) groups is 1. The van der Waals surface area contributed by atoms with Crippen LogP contribution in [0.4, 0.5) is 0 Å². The number of hydrogen-bond donors (Lipinski definition) is 0. The van der Waals surface area contributed by atoms with Crippen molar-refractivity contribution in [3.63, 3.8) is 0 Å². The van der Waals surface area contributed by atoms with Gasteiger partial charge in [0.2, 0.25) is 0 Å². The van der Waals surface area contributed by atoms with Crippen molar-refractivity contribution in [3.05, 3.63) is 24.8 Å². The zero-order valence-electron chi connectivity index (χ0n) is 7.39. The van der Waals surface area contributed by atoms with Gasteiger partial charge in [0.25, 0.3) is 0 Å². The van der Waals surface area contributed by atoms with Crippen molar-refractivity contribution >= 4 is 14.6 Å². The summed E-state index contributed by atoms with van der Waals surface area (Å²) in [7, 11) is -0.575. The molecule has 0 amide bonds. The fourth-order valence-electron chi connectivity index (χ4n) is 0.694. The van der Waals surface area contributed by atoms with Gasteiger partial charge in [0.1, 0.15) is 0 Å². The Hall–Kier alpha value is -0.633. The lowest BCUT2D eigenvalue weighted by Crippen LogP contribution is -2.05. The highest BCUT2D eigenvalue weighted by Gasteiger charge is 2.04. The minimum Gasteiger partial charge on any atom is -0.294 e. The van der Waals surface area contributed by atoms with E-state index in [1.807, 2.05) is 0 Å². The molecule has 0 atom stereocenters. The number of ketones is 1. The maximum absolute atomic E-state index is 11.1. The summed E-state index contributed by atoms with van der Waals surface area (Å²) in [5.74, 6) is 0.154. The van der Waals surface area contributed by atoms with Gasteiger partial charge in [-0.15, -0.1) is 0 Å². The third-order valence-electron chi connectivity index (χ3n) is 1.55. The summed E-state index contributed by atoms with van der Waals surface area (Å²) in [6, 6.07) is 1.08. The quantitative estimate of drug-likeness (QED) is 0.349. The highest BCUT2D eigenvalue weighted by Crippen LogP contribution is 2.04. The molecule has 0 saturated heterocycles. The Kier molecular flexibility index (Phi) is 4.78. The van der Waals surface area contributed by atoms with Crippen LogP contribution < -0.4 is 0 Å². The molecule has 0 aliphatic heterocycles. The normalized spacial score (nSPS) is 9.73. The Bertz CT molecular complexity index is 170. The van der Waals surface area contributed by atoms with E-state index in [9.17, 15) is 4.79 Å². The van der Waals surface area contributed by atoms with Crippen LogP contribution in [0.3, 0.4) is 0 Å². The van der Waals surface area contributed by atoms with Crippen molar-refractivity contribution in [3.8, 4) is 0 Å². The third-order valence-corrected chi connectivity index (χ3v) is 3.00. The molecular formula is C9H16OSi. The van der Waals surface area contributed by atoms with Gasteiger partial charge in [-0.2, -0.15) is 0 Å². The van der Waals surface area contributed by atoms with E-state index in [1.54, 1.807) is 0 Å². The average Bonchev–Trinajstić information content (AvgIpc) is 1.98. The molecule has 0 aromatic carbocycles. The predicted molar refractivity (Wildman–Crippen MR) is 52.6 cm³/mol. The van der Waals surface area contributed by atoms with Crippen LogP contribution in [0.15, 0.2) is 24.8 Å². The monoisotopic (exact) mass is 168 g/mol. The van der Waals surface area contributed by atoms with Crippen molar-refractivity contribution in [1.29, 1.82) is 0 Å². The molecule has 0 heterocycles. The maximum atomic E-state index is 11.1. The number of rotatable bonds is 5. The van der Waals surface area contributed by atoms with Gasteiger partial charge in [0.05, 0.1) is 0 Å². The molecule has 0 unspecified atom stereocenters. The SMILES string of the molecule is C=CC(=C)C(=O)CC[SiH](C)C. The van der Waals surface area contributed by atoms with Gasteiger partial charge in [0.15, 0.2) is 5.78 Å². The molecule has 2 heteroatoms. The van der Waals surface area contributed by atoms with Crippen molar-refractivity contribution < 1.29 is 4.79 Å². The van der Waals surface area contributed by atoms with Crippen LogP contribution in [-0.2, 0) is 4.79 Å². The van der Waals surface area contributed by atoms with Crippen LogP contribution in [0.5, 0.6) is 0 Å². The lowest BCUT2D eigenvalue weighted by atomic mass is 10.1. The van der Waals surface area contributed by atoms with E-state index in [-0.39, 0.29) is 5.78 Å². The zero-order chi connectivity index (χ0) is 8.85.